The van der Waals surface area contributed by atoms with Gasteiger partial charge in [0.1, 0.15) is 35.8 Å². The Kier molecular flexibility index (Phi) is 7.92. The molecule has 0 spiro atoms. The third-order valence-electron chi connectivity index (χ3n) is 8.23. The van der Waals surface area contributed by atoms with Crippen molar-refractivity contribution in [1.29, 1.82) is 0 Å². The van der Waals surface area contributed by atoms with Gasteiger partial charge in [0.25, 0.3) is 0 Å². The average molecular weight is 702 g/mol. The molecule has 1 unspecified atom stereocenters. The molecule has 2 aliphatic heterocycles. The molecule has 1 fully saturated rings. The maximum Gasteiger partial charge on any atom is 0.319 e. The van der Waals surface area contributed by atoms with Crippen LogP contribution in [-0.4, -0.2) is 52.4 Å². The molecule has 5 heterocycles. The van der Waals surface area contributed by atoms with Crippen LogP contribution in [0, 0.1) is 30.9 Å². The highest BCUT2D eigenvalue weighted by atomic mass is 32.2. The number of aromatic nitrogens is 6. The molecule has 3 aromatic heterocycles. The molecule has 2 N–H and O–H groups in total. The normalized spacial score (nSPS) is 13.9. The van der Waals surface area contributed by atoms with E-state index in [9.17, 15) is 13.4 Å². The molecular weight excluding hydrogens is 677 g/mol. The summed E-state index contributed by atoms with van der Waals surface area (Å²) in [5.74, 6) is 1.45. The Bertz CT molecular complexity index is 2540. The molecule has 51 heavy (non-hydrogen) atoms. The van der Waals surface area contributed by atoms with E-state index in [2.05, 4.69) is 41.6 Å². The molecule has 1 amide bonds. The van der Waals surface area contributed by atoms with E-state index in [-0.39, 0.29) is 41.7 Å². The Morgan fingerprint density at radius 3 is 2.76 bits per heavy atom. The van der Waals surface area contributed by atoms with Crippen LogP contribution in [0.2, 0.25) is 0 Å². The summed E-state index contributed by atoms with van der Waals surface area (Å²) in [4.78, 5) is 32.6. The van der Waals surface area contributed by atoms with Gasteiger partial charge in [-0.3, -0.25) is 14.7 Å². The number of nitrogens with zero attached hydrogens (tertiary/aromatic N) is 7. The van der Waals surface area contributed by atoms with Gasteiger partial charge in [-0.05, 0) is 42.7 Å². The number of carbonyl (C=O) groups is 1. The first-order valence-electron chi connectivity index (χ1n) is 15.6. The number of hydrogen-bond donors (Lipinski definition) is 2. The van der Waals surface area contributed by atoms with E-state index in [0.29, 0.717) is 50.5 Å². The first-order chi connectivity index (χ1) is 24.8. The second-order valence-electron chi connectivity index (χ2n) is 11.5. The summed E-state index contributed by atoms with van der Waals surface area (Å²) in [5, 5.41) is 11.3. The van der Waals surface area contributed by atoms with E-state index in [1.54, 1.807) is 55.5 Å². The number of halogens is 2. The second kappa shape index (κ2) is 12.7. The van der Waals surface area contributed by atoms with E-state index in [4.69, 9.17) is 11.2 Å². The van der Waals surface area contributed by atoms with Crippen LogP contribution < -0.4 is 20.3 Å². The summed E-state index contributed by atoms with van der Waals surface area (Å²) in [6, 6.07) is 14.4. The molecule has 0 bridgehead atoms. The Morgan fingerprint density at radius 1 is 1.12 bits per heavy atom. The first kappa shape index (κ1) is 31.7. The van der Waals surface area contributed by atoms with E-state index < -0.39 is 22.6 Å². The Hall–Kier alpha value is -6.53. The lowest BCUT2D eigenvalue weighted by atomic mass is 9.96. The van der Waals surface area contributed by atoms with Crippen molar-refractivity contribution in [2.45, 2.75) is 18.2 Å². The van der Waals surface area contributed by atoms with Crippen molar-refractivity contribution < 1.29 is 22.5 Å². The van der Waals surface area contributed by atoms with Crippen LogP contribution in [0.1, 0.15) is 17.8 Å². The predicted molar refractivity (Wildman–Crippen MR) is 187 cm³/mol. The van der Waals surface area contributed by atoms with Gasteiger partial charge in [-0.25, -0.2) is 18.0 Å². The van der Waals surface area contributed by atoms with E-state index in [1.165, 1.54) is 22.7 Å². The lowest BCUT2D eigenvalue weighted by molar-refractivity contribution is -0.116. The van der Waals surface area contributed by atoms with Gasteiger partial charge >= 0.3 is 6.01 Å². The number of anilines is 2. The number of nitrogens with one attached hydrogen (secondary N) is 2. The predicted octanol–water partition coefficient (Wildman–Crippen LogP) is 5.13. The van der Waals surface area contributed by atoms with Crippen molar-refractivity contribution in [1.82, 2.24) is 34.4 Å². The van der Waals surface area contributed by atoms with Crippen molar-refractivity contribution in [3.8, 4) is 29.6 Å². The highest BCUT2D eigenvalue weighted by Gasteiger charge is 2.39. The summed E-state index contributed by atoms with van der Waals surface area (Å²) in [6.45, 7) is 2.16. The maximum absolute atomic E-state index is 16.6. The van der Waals surface area contributed by atoms with Crippen molar-refractivity contribution in [3.05, 3.63) is 114 Å². The zero-order valence-electron chi connectivity index (χ0n) is 26.7. The number of amides is 1. The minimum absolute atomic E-state index is 0.0000999. The van der Waals surface area contributed by atoms with E-state index >= 15 is 4.39 Å². The number of aryl methyl sites for hydroxylation is 1. The van der Waals surface area contributed by atoms with Gasteiger partial charge in [-0.2, -0.15) is 14.1 Å². The zero-order valence-corrected chi connectivity index (χ0v) is 27.5. The molecule has 0 saturated carbocycles. The second-order valence-corrected chi connectivity index (χ2v) is 12.8. The first-order valence-corrected chi connectivity index (χ1v) is 16.7. The summed E-state index contributed by atoms with van der Waals surface area (Å²) in [7, 11) is -1.65. The lowest BCUT2D eigenvalue weighted by Gasteiger charge is -2.14. The van der Waals surface area contributed by atoms with Crippen LogP contribution in [0.4, 0.5) is 20.3 Å². The number of terminal acetylenes is 1. The van der Waals surface area contributed by atoms with Gasteiger partial charge in [0, 0.05) is 35.6 Å². The van der Waals surface area contributed by atoms with Crippen molar-refractivity contribution in [2.24, 2.45) is 0 Å². The minimum Gasteiger partial charge on any atom is -0.463 e. The quantitative estimate of drug-likeness (QED) is 0.154. The number of ether oxygens (including phenoxy) is 1. The van der Waals surface area contributed by atoms with Crippen LogP contribution in [0.5, 0.6) is 6.01 Å². The molecule has 1 atom stereocenters. The molecule has 252 valence electrons. The molecular formula is C36H25F2N9O3S. The SMILES string of the molecule is C#Cc1c(F)ccc2cccc(-c3ncc4c(N5C6=CCNC=C65)nc(OCCC(=O)Nc5cccc(S(=O)n6cnc(C)n6)c5)nc4c3F)c12. The molecule has 15 heteroatoms. The summed E-state index contributed by atoms with van der Waals surface area (Å²) >= 11 is 0. The Labute approximate surface area is 291 Å². The summed E-state index contributed by atoms with van der Waals surface area (Å²) in [6.07, 6.45) is 12.2. The Balaban J connectivity index is 1.08. The number of fused-ring (bicyclic) bond motifs is 3. The third kappa shape index (κ3) is 5.81. The van der Waals surface area contributed by atoms with Crippen LogP contribution in [0.25, 0.3) is 32.9 Å². The van der Waals surface area contributed by atoms with Gasteiger partial charge in [0.2, 0.25) is 5.91 Å². The summed E-state index contributed by atoms with van der Waals surface area (Å²) < 4.78 is 51.3. The van der Waals surface area contributed by atoms with Crippen molar-refractivity contribution in [2.75, 3.05) is 23.4 Å². The number of pyridine rings is 1. The van der Waals surface area contributed by atoms with Gasteiger partial charge < -0.3 is 15.4 Å². The standard InChI is InChI=1S/C36H25F2N9O3S/c1-3-24-27(37)11-10-21-6-4-9-25(31(21)24)33-32(38)34-26(17-40-33)35(47-28-12-14-39-18-29(28)47)44-36(43-34)50-15-13-30(48)42-22-7-5-8-23(16-22)51(49)46-19-41-20(2)45-46/h1,4-12,16-19,39H,13-15H2,2H3,(H,42,48). The van der Waals surface area contributed by atoms with E-state index in [0.717, 1.165) is 11.4 Å². The molecule has 6 aromatic rings. The zero-order chi connectivity index (χ0) is 35.2. The fraction of sp³-hybridized carbons (Fsp3) is 0.111. The van der Waals surface area contributed by atoms with Crippen molar-refractivity contribution in [3.63, 3.8) is 0 Å². The molecule has 12 nitrogen and oxygen atoms in total. The monoisotopic (exact) mass is 701 g/mol. The van der Waals surface area contributed by atoms with Gasteiger partial charge in [-0.1, -0.05) is 36.3 Å². The summed E-state index contributed by atoms with van der Waals surface area (Å²) in [5.41, 5.74) is 2.32. The molecule has 0 radical (unpaired) electrons. The number of dihydropyridines is 1. The fourth-order valence-corrected chi connectivity index (χ4v) is 6.82. The molecule has 1 saturated heterocycles. The van der Waals surface area contributed by atoms with Crippen molar-refractivity contribution >= 4 is 50.1 Å². The van der Waals surface area contributed by atoms with Gasteiger partial charge in [-0.15, -0.1) is 11.5 Å². The highest BCUT2D eigenvalue weighted by Crippen LogP contribution is 2.46. The number of carbonyl (C=O) groups excluding carboxylic acids is 1. The van der Waals surface area contributed by atoms with E-state index in [1.807, 2.05) is 17.2 Å². The number of hydrogen-bond acceptors (Lipinski definition) is 10. The van der Waals surface area contributed by atoms with Crippen LogP contribution in [-0.2, 0) is 15.8 Å². The Morgan fingerprint density at radius 2 is 1.98 bits per heavy atom. The number of benzene rings is 3. The van der Waals surface area contributed by atoms with Crippen LogP contribution in [0.15, 0.2) is 95.7 Å². The average Bonchev–Trinajstić information content (AvgIpc) is 3.71. The molecule has 2 aliphatic rings. The number of rotatable bonds is 9. The van der Waals surface area contributed by atoms with Crippen LogP contribution in [0.3, 0.4) is 0 Å². The largest absolute Gasteiger partial charge is 0.463 e. The molecule has 0 aliphatic carbocycles. The fourth-order valence-electron chi connectivity index (χ4n) is 5.86. The maximum atomic E-state index is 16.6. The lowest BCUT2D eigenvalue weighted by Crippen LogP contribution is -2.16. The van der Waals surface area contributed by atoms with Gasteiger partial charge in [0.15, 0.2) is 22.6 Å². The highest BCUT2D eigenvalue weighted by molar-refractivity contribution is 7.83. The molecule has 8 rings (SSSR count). The minimum atomic E-state index is -1.65. The smallest absolute Gasteiger partial charge is 0.319 e. The third-order valence-corrected chi connectivity index (χ3v) is 9.41. The molecule has 3 aromatic carbocycles. The topological polar surface area (TPSA) is 140 Å². The van der Waals surface area contributed by atoms with Crippen LogP contribution >= 0.6 is 0 Å². The van der Waals surface area contributed by atoms with Gasteiger partial charge in [0.05, 0.1) is 33.7 Å².